The van der Waals surface area contributed by atoms with E-state index >= 15 is 0 Å². The van der Waals surface area contributed by atoms with E-state index < -0.39 is 20.8 Å². The van der Waals surface area contributed by atoms with Crippen LogP contribution in [0.25, 0.3) is 43.8 Å². The van der Waals surface area contributed by atoms with Gasteiger partial charge >= 0.3 is 37.9 Å². The van der Waals surface area contributed by atoms with Crippen molar-refractivity contribution in [2.75, 3.05) is 7.11 Å². The van der Waals surface area contributed by atoms with Gasteiger partial charge in [0, 0.05) is 0 Å². The van der Waals surface area contributed by atoms with Gasteiger partial charge in [-0.1, -0.05) is 141 Å². The summed E-state index contributed by atoms with van der Waals surface area (Å²) in [5.41, 5.74) is 15.5. The van der Waals surface area contributed by atoms with Crippen LogP contribution in [0.5, 0.6) is 5.75 Å². The summed E-state index contributed by atoms with van der Waals surface area (Å²) in [5.74, 6) is 0.999. The molecule has 1 aliphatic rings. The van der Waals surface area contributed by atoms with Gasteiger partial charge in [-0.25, -0.2) is 0 Å². The first-order valence-electron chi connectivity index (χ1n) is 18.6. The zero-order chi connectivity index (χ0) is 38.2. The molecule has 4 heteroatoms. The van der Waals surface area contributed by atoms with Crippen LogP contribution in [0.15, 0.2) is 84.9 Å². The van der Waals surface area contributed by atoms with Gasteiger partial charge in [0.25, 0.3) is 0 Å². The maximum atomic E-state index is 5.97. The summed E-state index contributed by atoms with van der Waals surface area (Å²) in [7, 11) is 11.7. The molecule has 1 aliphatic carbocycles. The second kappa shape index (κ2) is 16.0. The van der Waals surface area contributed by atoms with Gasteiger partial charge in [-0.3, -0.25) is 0 Å². The molecule has 6 aromatic carbocycles. The molecule has 0 atom stereocenters. The summed E-state index contributed by atoms with van der Waals surface area (Å²) >= 11 is -0.826. The summed E-state index contributed by atoms with van der Waals surface area (Å²) in [6.45, 7) is 24.7. The third kappa shape index (κ3) is 8.83. The molecule has 0 amide bonds. The van der Waals surface area contributed by atoms with Gasteiger partial charge in [-0.05, 0) is 68.9 Å². The van der Waals surface area contributed by atoms with Crippen LogP contribution in [-0.4, -0.2) is 7.11 Å². The molecule has 0 fully saturated rings. The van der Waals surface area contributed by atoms with Crippen molar-refractivity contribution in [1.29, 1.82) is 0 Å². The fourth-order valence-electron chi connectivity index (χ4n) is 7.72. The van der Waals surface area contributed by atoms with Crippen molar-refractivity contribution in [3.05, 3.63) is 124 Å². The molecule has 0 unspecified atom stereocenters. The quantitative estimate of drug-likeness (QED) is 0.162. The van der Waals surface area contributed by atoms with Crippen LogP contribution in [0.1, 0.15) is 108 Å². The van der Waals surface area contributed by atoms with Crippen LogP contribution in [0.4, 0.5) is 0 Å². The van der Waals surface area contributed by atoms with Crippen LogP contribution in [-0.2, 0) is 49.9 Å². The van der Waals surface area contributed by atoms with E-state index in [1.807, 2.05) is 0 Å². The summed E-state index contributed by atoms with van der Waals surface area (Å²) < 4.78 is 5.97. The van der Waals surface area contributed by atoms with Crippen molar-refractivity contribution in [2.24, 2.45) is 0 Å². The average molecular weight is 811 g/mol. The van der Waals surface area contributed by atoms with Crippen molar-refractivity contribution in [3.63, 3.8) is 0 Å². The fourth-order valence-corrected chi connectivity index (χ4v) is 7.72. The fraction of sp³-hybridized carbons (Fsp3) is 0.375. The number of rotatable bonds is 3. The SMILES string of the molecule is COc1c(C(C)(C)C)cc2[cH-]c(C)cc2c1-c1ccc(C(C)(C)C)cc1.Cc1cc2c(-c3ccc(C(C)(C)C)cc3)c3c(cc2[cH-]1)CCC3.[Cl][Zr+2][Cl]. The van der Waals surface area contributed by atoms with Crippen molar-refractivity contribution in [3.8, 4) is 28.0 Å². The first-order valence-corrected chi connectivity index (χ1v) is 24.9. The predicted octanol–water partition coefficient (Wildman–Crippen LogP) is 14.8. The third-order valence-electron chi connectivity index (χ3n) is 10.4. The van der Waals surface area contributed by atoms with Crippen LogP contribution < -0.4 is 4.74 Å². The Morgan fingerprint density at radius 2 is 1.04 bits per heavy atom. The van der Waals surface area contributed by atoms with E-state index in [1.54, 1.807) is 18.2 Å². The molecule has 52 heavy (non-hydrogen) atoms. The zero-order valence-corrected chi connectivity index (χ0v) is 37.3. The molecule has 1 nitrogen and oxygen atoms in total. The van der Waals surface area contributed by atoms with Crippen LogP contribution in [0, 0.1) is 13.8 Å². The maximum absolute atomic E-state index is 5.97. The first kappa shape index (κ1) is 40.5. The van der Waals surface area contributed by atoms with Gasteiger partial charge < -0.3 is 4.74 Å². The molecule has 0 radical (unpaired) electrons. The van der Waals surface area contributed by atoms with E-state index in [0.717, 1.165) is 5.75 Å². The van der Waals surface area contributed by atoms with Crippen LogP contribution in [0.2, 0.25) is 0 Å². The van der Waals surface area contributed by atoms with Gasteiger partial charge in [-0.2, -0.15) is 12.1 Å². The minimum absolute atomic E-state index is 0.0187. The van der Waals surface area contributed by atoms with E-state index in [1.165, 1.54) is 90.9 Å². The Morgan fingerprint density at radius 1 is 0.596 bits per heavy atom. The molecule has 0 N–H and O–H groups in total. The molecule has 0 aliphatic heterocycles. The molecule has 0 aromatic heterocycles. The number of halogens is 2. The van der Waals surface area contributed by atoms with Gasteiger partial charge in [-0.15, -0.1) is 56.9 Å². The monoisotopic (exact) mass is 808 g/mol. The number of ether oxygens (including phenoxy) is 1. The number of benzene rings is 4. The Hall–Kier alpha value is -2.64. The van der Waals surface area contributed by atoms with Gasteiger partial charge in [0.1, 0.15) is 5.75 Å². The summed E-state index contributed by atoms with van der Waals surface area (Å²) in [6.07, 6.45) is 3.77. The Bertz CT molecular complexity index is 2140. The molecule has 7 rings (SSSR count). The topological polar surface area (TPSA) is 9.23 Å². The third-order valence-corrected chi connectivity index (χ3v) is 10.4. The summed E-state index contributed by atoms with van der Waals surface area (Å²) in [6, 6.07) is 32.2. The number of fused-ring (bicyclic) bond motifs is 3. The number of hydrogen-bond acceptors (Lipinski definition) is 1. The Morgan fingerprint density at radius 3 is 1.48 bits per heavy atom. The van der Waals surface area contributed by atoms with E-state index in [2.05, 4.69) is 161 Å². The van der Waals surface area contributed by atoms with E-state index in [-0.39, 0.29) is 16.2 Å². The molecule has 0 heterocycles. The Kier molecular flexibility index (Phi) is 12.5. The molecule has 272 valence electrons. The molecular weight excluding hydrogens is 755 g/mol. The number of hydrogen-bond donors (Lipinski definition) is 0. The minimum atomic E-state index is -0.826. The van der Waals surface area contributed by atoms with Crippen LogP contribution >= 0.6 is 17.0 Å². The van der Waals surface area contributed by atoms with Crippen molar-refractivity contribution in [1.82, 2.24) is 0 Å². The van der Waals surface area contributed by atoms with Gasteiger partial charge in [0.2, 0.25) is 0 Å². The van der Waals surface area contributed by atoms with E-state index in [0.29, 0.717) is 0 Å². The molecule has 0 saturated carbocycles. The summed E-state index contributed by atoms with van der Waals surface area (Å²) in [4.78, 5) is 0. The second-order valence-electron chi connectivity index (χ2n) is 17.6. The Labute approximate surface area is 332 Å². The zero-order valence-electron chi connectivity index (χ0n) is 33.4. The van der Waals surface area contributed by atoms with Gasteiger partial charge in [0.05, 0.1) is 7.11 Å². The van der Waals surface area contributed by atoms with Crippen LogP contribution in [0.3, 0.4) is 0 Å². The Balaban J connectivity index is 0.000000188. The molecule has 0 bridgehead atoms. The second-order valence-corrected chi connectivity index (χ2v) is 21.4. The molecular formula is C48H56Cl2OZr. The predicted molar refractivity (Wildman–Crippen MR) is 226 cm³/mol. The first-order chi connectivity index (χ1) is 24.4. The van der Waals surface area contributed by atoms with Crippen molar-refractivity contribution < 1.29 is 25.6 Å². The van der Waals surface area contributed by atoms with Crippen molar-refractivity contribution in [2.45, 2.75) is 112 Å². The summed E-state index contributed by atoms with van der Waals surface area (Å²) in [5, 5.41) is 5.42. The average Bonchev–Trinajstić information content (AvgIpc) is 3.79. The number of methoxy groups -OCH3 is 1. The van der Waals surface area contributed by atoms with E-state index in [9.17, 15) is 0 Å². The molecule has 0 saturated heterocycles. The normalized spacial score (nSPS) is 12.9. The van der Waals surface area contributed by atoms with Gasteiger partial charge in [0.15, 0.2) is 0 Å². The molecule has 0 spiro atoms. The molecule has 6 aromatic rings. The van der Waals surface area contributed by atoms with Crippen molar-refractivity contribution >= 4 is 38.6 Å². The van der Waals surface area contributed by atoms with E-state index in [4.69, 9.17) is 21.8 Å². The standard InChI is InChI=1S/C25H31O.C23H25.2ClH.Zr/c1-16-13-18-15-21(25(5,6)7)23(26-8)22(20(18)14-16)17-9-11-19(12-10-17)24(2,3)4;1-15-12-18-14-17-6-5-7-20(17)22(21(18)13-15)16-8-10-19(11-9-16)23(2,3)4;;;/h9-15H,1-8H3;8-14H,5-7H2,1-4H3;2*1H;/q2*-1;;;+4/p-2. The number of aryl methyl sites for hydroxylation is 3.